The smallest absolute Gasteiger partial charge is 0.0655 e. The lowest BCUT2D eigenvalue weighted by molar-refractivity contribution is 0.564. The van der Waals surface area contributed by atoms with Crippen LogP contribution >= 0.6 is 0 Å². The summed E-state index contributed by atoms with van der Waals surface area (Å²) in [4.78, 5) is 0. The highest BCUT2D eigenvalue weighted by atomic mass is 15.1. The largest absolute Gasteiger partial charge is 0.388 e. The van der Waals surface area contributed by atoms with Crippen LogP contribution in [0.4, 0.5) is 5.69 Å². The van der Waals surface area contributed by atoms with Gasteiger partial charge < -0.3 is 15.2 Å². The molecule has 2 heterocycles. The summed E-state index contributed by atoms with van der Waals surface area (Å²) >= 11 is 0. The van der Waals surface area contributed by atoms with Crippen molar-refractivity contribution in [2.75, 3.05) is 19.0 Å². The van der Waals surface area contributed by atoms with Gasteiger partial charge in [-0.15, -0.1) is 0 Å². The average Bonchev–Trinajstić information content (AvgIpc) is 3.55. The molecular weight excluding hydrogens is 633 g/mol. The number of allylic oxidation sites excluding steroid dienone is 5. The van der Waals surface area contributed by atoms with E-state index in [1.54, 1.807) is 0 Å². The molecule has 1 aromatic heterocycles. The standard InChI is InChI=1S/C32H28N2.C16H16N2/c1-4-5-7-12-23(2)28-21-24(17-19-30(28)33-3)25-18-20-32-29(22-25)27-15-10-11-16-31(27)34(32)26-13-8-6-9-14-26;1-2-5-13(6-3-1)14-7-4-8-15(11-14)16-9-10-17-12-18-16/h4-22,33H,2H2,1,3H3;1-11,16-18H,12H2/b5-4-,12-7-;. The molecule has 8 rings (SSSR count). The van der Waals surface area contributed by atoms with Gasteiger partial charge in [-0.25, -0.2) is 0 Å². The molecule has 7 aromatic rings. The molecule has 1 aliphatic rings. The van der Waals surface area contributed by atoms with Crippen LogP contribution in [0.15, 0.2) is 189 Å². The van der Waals surface area contributed by atoms with E-state index in [0.717, 1.165) is 23.5 Å². The SMILES string of the molecule is C1=CC(c2cccc(-c3ccccc3)c2)NCN1.C=C(/C=C\C=C/C)c1cc(-c2ccc3c(c2)c2ccccc2n3-c2ccccc2)ccc1NC. The van der Waals surface area contributed by atoms with Crippen LogP contribution in [0.1, 0.15) is 24.1 Å². The Kier molecular flexibility index (Phi) is 10.6. The lowest BCUT2D eigenvalue weighted by atomic mass is 9.96. The number of rotatable bonds is 8. The molecule has 1 aliphatic heterocycles. The lowest BCUT2D eigenvalue weighted by Gasteiger charge is -2.20. The van der Waals surface area contributed by atoms with Crippen LogP contribution in [0.3, 0.4) is 0 Å². The molecule has 0 fully saturated rings. The Morgan fingerprint density at radius 1 is 0.692 bits per heavy atom. The zero-order valence-corrected chi connectivity index (χ0v) is 29.8. The van der Waals surface area contributed by atoms with Gasteiger partial charge in [-0.2, -0.15) is 0 Å². The predicted octanol–water partition coefficient (Wildman–Crippen LogP) is 11.7. The zero-order valence-electron chi connectivity index (χ0n) is 29.8. The molecule has 4 heteroatoms. The van der Waals surface area contributed by atoms with E-state index in [4.69, 9.17) is 0 Å². The summed E-state index contributed by atoms with van der Waals surface area (Å²) in [5.74, 6) is 0. The molecule has 0 saturated heterocycles. The minimum Gasteiger partial charge on any atom is -0.388 e. The second-order valence-electron chi connectivity index (χ2n) is 12.8. The van der Waals surface area contributed by atoms with Crippen LogP contribution in [-0.4, -0.2) is 18.3 Å². The molecule has 4 nitrogen and oxygen atoms in total. The Labute approximate surface area is 307 Å². The Balaban J connectivity index is 0.000000196. The number of hydrogen-bond acceptors (Lipinski definition) is 3. The molecule has 0 spiro atoms. The second-order valence-corrected chi connectivity index (χ2v) is 12.8. The third-order valence-corrected chi connectivity index (χ3v) is 9.44. The van der Waals surface area contributed by atoms with Crippen molar-refractivity contribution >= 4 is 33.1 Å². The fraction of sp³-hybridized carbons (Fsp3) is 0.0833. The number of fused-ring (bicyclic) bond motifs is 3. The highest BCUT2D eigenvalue weighted by Crippen LogP contribution is 2.36. The van der Waals surface area contributed by atoms with E-state index < -0.39 is 0 Å². The summed E-state index contributed by atoms with van der Waals surface area (Å²) < 4.78 is 2.35. The van der Waals surface area contributed by atoms with E-state index in [9.17, 15) is 0 Å². The molecule has 0 bridgehead atoms. The number of anilines is 1. The zero-order chi connectivity index (χ0) is 35.7. The topological polar surface area (TPSA) is 41.0 Å². The van der Waals surface area contributed by atoms with Crippen molar-refractivity contribution in [3.8, 4) is 27.9 Å². The van der Waals surface area contributed by atoms with Crippen LogP contribution in [0.2, 0.25) is 0 Å². The number of hydrogen-bond donors (Lipinski definition) is 3. The first-order valence-electron chi connectivity index (χ1n) is 17.8. The van der Waals surface area contributed by atoms with Crippen LogP contribution in [0.25, 0.3) is 55.3 Å². The number of nitrogens with one attached hydrogen (secondary N) is 3. The van der Waals surface area contributed by atoms with Gasteiger partial charge in [0.05, 0.1) is 23.7 Å². The average molecular weight is 677 g/mol. The van der Waals surface area contributed by atoms with Crippen molar-refractivity contribution < 1.29 is 0 Å². The highest BCUT2D eigenvalue weighted by Gasteiger charge is 2.14. The Morgan fingerprint density at radius 3 is 2.15 bits per heavy atom. The van der Waals surface area contributed by atoms with Crippen molar-refractivity contribution in [2.24, 2.45) is 0 Å². The number of para-hydroxylation sites is 2. The lowest BCUT2D eigenvalue weighted by Crippen LogP contribution is -2.32. The number of benzene rings is 6. The molecule has 1 unspecified atom stereocenters. The van der Waals surface area contributed by atoms with E-state index in [0.29, 0.717) is 6.04 Å². The third-order valence-electron chi connectivity index (χ3n) is 9.44. The second kappa shape index (κ2) is 16.1. The van der Waals surface area contributed by atoms with Gasteiger partial charge in [-0.05, 0) is 101 Å². The summed E-state index contributed by atoms with van der Waals surface area (Å²) in [6.45, 7) is 7.13. The quantitative estimate of drug-likeness (QED) is 0.140. The van der Waals surface area contributed by atoms with Crippen molar-refractivity contribution in [1.29, 1.82) is 0 Å². The summed E-state index contributed by atoms with van der Waals surface area (Å²) in [6, 6.07) is 52.0. The summed E-state index contributed by atoms with van der Waals surface area (Å²) in [5.41, 5.74) is 12.9. The van der Waals surface area contributed by atoms with Gasteiger partial charge in [0, 0.05) is 34.8 Å². The van der Waals surface area contributed by atoms with E-state index in [-0.39, 0.29) is 0 Å². The van der Waals surface area contributed by atoms with Crippen molar-refractivity contribution in [2.45, 2.75) is 13.0 Å². The van der Waals surface area contributed by atoms with Crippen LogP contribution < -0.4 is 16.0 Å². The molecule has 0 amide bonds. The monoisotopic (exact) mass is 676 g/mol. The van der Waals surface area contributed by atoms with Crippen LogP contribution in [0.5, 0.6) is 0 Å². The van der Waals surface area contributed by atoms with Gasteiger partial charge in [0.15, 0.2) is 0 Å². The van der Waals surface area contributed by atoms with E-state index in [1.807, 2.05) is 44.5 Å². The van der Waals surface area contributed by atoms with E-state index >= 15 is 0 Å². The molecule has 52 heavy (non-hydrogen) atoms. The summed E-state index contributed by atoms with van der Waals surface area (Å²) in [6.07, 6.45) is 12.3. The summed E-state index contributed by atoms with van der Waals surface area (Å²) in [7, 11) is 1.95. The summed E-state index contributed by atoms with van der Waals surface area (Å²) in [5, 5.41) is 12.4. The molecule has 0 saturated carbocycles. The third kappa shape index (κ3) is 7.39. The van der Waals surface area contributed by atoms with Gasteiger partial charge in [-0.3, -0.25) is 5.32 Å². The Bertz CT molecular complexity index is 2400. The first kappa shape index (κ1) is 34.1. The Hall–Kier alpha value is -6.36. The van der Waals surface area contributed by atoms with Crippen molar-refractivity contribution in [3.05, 3.63) is 200 Å². The van der Waals surface area contributed by atoms with Crippen LogP contribution in [-0.2, 0) is 0 Å². The maximum atomic E-state index is 4.30. The minimum atomic E-state index is 0.301. The number of aromatic nitrogens is 1. The molecule has 0 radical (unpaired) electrons. The van der Waals surface area contributed by atoms with Crippen molar-refractivity contribution in [3.63, 3.8) is 0 Å². The molecule has 6 aromatic carbocycles. The van der Waals surface area contributed by atoms with Crippen molar-refractivity contribution in [1.82, 2.24) is 15.2 Å². The first-order valence-corrected chi connectivity index (χ1v) is 17.8. The Morgan fingerprint density at radius 2 is 1.38 bits per heavy atom. The van der Waals surface area contributed by atoms with Gasteiger partial charge in [0.1, 0.15) is 0 Å². The fourth-order valence-corrected chi connectivity index (χ4v) is 6.82. The maximum Gasteiger partial charge on any atom is 0.0655 e. The minimum absolute atomic E-state index is 0.301. The molecule has 3 N–H and O–H groups in total. The van der Waals surface area contributed by atoms with Gasteiger partial charge in [0.2, 0.25) is 0 Å². The highest BCUT2D eigenvalue weighted by molar-refractivity contribution is 6.10. The maximum absolute atomic E-state index is 4.30. The normalized spacial score (nSPS) is 14.0. The van der Waals surface area contributed by atoms with E-state index in [1.165, 1.54) is 55.3 Å². The van der Waals surface area contributed by atoms with Gasteiger partial charge >= 0.3 is 0 Å². The van der Waals surface area contributed by atoms with Crippen LogP contribution in [0, 0.1) is 0 Å². The number of nitrogens with zero attached hydrogens (tertiary/aromatic N) is 1. The molecular formula is C48H44N4. The molecule has 0 aliphatic carbocycles. The molecule has 1 atom stereocenters. The van der Waals surface area contributed by atoms with Gasteiger partial charge in [-0.1, -0.05) is 128 Å². The van der Waals surface area contributed by atoms with E-state index in [2.05, 4.69) is 179 Å². The molecule has 256 valence electrons. The fourth-order valence-electron chi connectivity index (χ4n) is 6.82. The van der Waals surface area contributed by atoms with Gasteiger partial charge in [0.25, 0.3) is 0 Å². The predicted molar refractivity (Wildman–Crippen MR) is 224 cm³/mol. The first-order chi connectivity index (χ1) is 25.6.